The topological polar surface area (TPSA) is 67.4 Å². The molecule has 0 aliphatic carbocycles. The molecule has 0 unspecified atom stereocenters. The van der Waals surface area contributed by atoms with Crippen molar-refractivity contribution >= 4 is 49.4 Å². The van der Waals surface area contributed by atoms with Crippen LogP contribution in [0.1, 0.15) is 24.0 Å². The Bertz CT molecular complexity index is 1940. The molecule has 2 atom stereocenters. The van der Waals surface area contributed by atoms with Gasteiger partial charge in [0.25, 0.3) is 0 Å². The van der Waals surface area contributed by atoms with Crippen LogP contribution in [0.15, 0.2) is 84.9 Å². The zero-order valence-electron chi connectivity index (χ0n) is 23.5. The van der Waals surface area contributed by atoms with Crippen LogP contribution in [0.25, 0.3) is 43.6 Å². The summed E-state index contributed by atoms with van der Waals surface area (Å²) >= 11 is 0. The lowest BCUT2D eigenvalue weighted by Crippen LogP contribution is -2.47. The Kier molecular flexibility index (Phi) is 6.64. The Morgan fingerprint density at radius 2 is 0.909 bits per heavy atom. The third-order valence-electron chi connectivity index (χ3n) is 8.63. The van der Waals surface area contributed by atoms with Crippen LogP contribution < -0.4 is 0 Å². The van der Waals surface area contributed by atoms with E-state index in [4.69, 9.17) is 0 Å². The van der Waals surface area contributed by atoms with Gasteiger partial charge in [0.2, 0.25) is 0 Å². The molecule has 0 aliphatic rings. The number of aryl methyl sites for hydroxylation is 2. The van der Waals surface area contributed by atoms with Gasteiger partial charge in [0.15, 0.2) is 11.2 Å². The number of alkyl halides is 6. The Morgan fingerprint density at radius 1 is 0.568 bits per heavy atom. The minimum absolute atomic E-state index is 0.367. The molecule has 0 aliphatic heterocycles. The van der Waals surface area contributed by atoms with Crippen LogP contribution in [0.2, 0.25) is 0 Å². The van der Waals surface area contributed by atoms with Crippen molar-refractivity contribution in [2.75, 3.05) is 0 Å². The Balaban J connectivity index is 1.41. The predicted molar refractivity (Wildman–Crippen MR) is 155 cm³/mol. The highest BCUT2D eigenvalue weighted by Crippen LogP contribution is 2.47. The number of fused-ring (bicyclic) bond motifs is 6. The van der Waals surface area contributed by atoms with Gasteiger partial charge in [-0.1, -0.05) is 48.5 Å². The number of hydrogen-bond acceptors (Lipinski definition) is 3. The van der Waals surface area contributed by atoms with Crippen molar-refractivity contribution in [1.82, 2.24) is 9.13 Å². The number of aliphatic hydroxyl groups is 2. The maximum absolute atomic E-state index is 14.5. The largest absolute Gasteiger partial charge is 0.421 e. The number of Topliss-reactive ketones (excluding diaryl/α,β-unsaturated/α-hetero) is 1. The molecule has 44 heavy (non-hydrogen) atoms. The van der Waals surface area contributed by atoms with Gasteiger partial charge in [-0.15, -0.1) is 0 Å². The highest BCUT2D eigenvalue weighted by molar-refractivity contribution is 6.09. The van der Waals surface area contributed by atoms with E-state index in [1.165, 1.54) is 12.1 Å². The van der Waals surface area contributed by atoms with E-state index in [0.29, 0.717) is 43.6 Å². The average molecular weight is 613 g/mol. The Morgan fingerprint density at radius 3 is 1.27 bits per heavy atom. The maximum Gasteiger partial charge on any atom is 0.421 e. The van der Waals surface area contributed by atoms with Gasteiger partial charge in [-0.25, -0.2) is 0 Å². The molecule has 0 saturated carbocycles. The molecule has 0 saturated heterocycles. The van der Waals surface area contributed by atoms with Gasteiger partial charge in [0.1, 0.15) is 5.78 Å². The molecule has 0 fully saturated rings. The number of carbonyl (C=O) groups excluding carboxylic acids is 1. The second-order valence-corrected chi connectivity index (χ2v) is 11.2. The van der Waals surface area contributed by atoms with E-state index < -0.39 is 53.3 Å². The zero-order valence-corrected chi connectivity index (χ0v) is 23.5. The molecule has 5 nitrogen and oxygen atoms in total. The summed E-state index contributed by atoms with van der Waals surface area (Å²) in [5, 5.41) is 24.0. The van der Waals surface area contributed by atoms with E-state index in [-0.39, 0.29) is 0 Å². The highest BCUT2D eigenvalue weighted by Gasteiger charge is 2.59. The molecule has 0 spiro atoms. The van der Waals surface area contributed by atoms with Gasteiger partial charge in [0, 0.05) is 70.5 Å². The van der Waals surface area contributed by atoms with E-state index in [0.717, 1.165) is 24.3 Å². The molecule has 0 bridgehead atoms. The fourth-order valence-electron chi connectivity index (χ4n) is 6.22. The summed E-state index contributed by atoms with van der Waals surface area (Å²) < 4.78 is 90.4. The third-order valence-corrected chi connectivity index (χ3v) is 8.63. The number of aromatic nitrogens is 2. The number of para-hydroxylation sites is 2. The summed E-state index contributed by atoms with van der Waals surface area (Å²) in [6, 6.07) is 20.7. The minimum Gasteiger partial charge on any atom is -0.376 e. The lowest BCUT2D eigenvalue weighted by Gasteiger charge is -2.34. The van der Waals surface area contributed by atoms with Crippen molar-refractivity contribution in [3.8, 4) is 0 Å². The van der Waals surface area contributed by atoms with Crippen molar-refractivity contribution < 1.29 is 41.4 Å². The third kappa shape index (κ3) is 4.36. The first-order valence-electron chi connectivity index (χ1n) is 13.6. The van der Waals surface area contributed by atoms with Crippen LogP contribution in [-0.2, 0) is 30.1 Å². The first kappa shape index (κ1) is 29.7. The molecule has 6 rings (SSSR count). The van der Waals surface area contributed by atoms with Crippen molar-refractivity contribution in [3.63, 3.8) is 0 Å². The molecule has 228 valence electrons. The molecular weight excluding hydrogens is 586 g/mol. The summed E-state index contributed by atoms with van der Waals surface area (Å²) in [6.45, 7) is 0. The molecule has 2 heterocycles. The molecule has 2 aromatic heterocycles. The average Bonchev–Trinajstić information content (AvgIpc) is 3.42. The van der Waals surface area contributed by atoms with Gasteiger partial charge < -0.3 is 19.3 Å². The van der Waals surface area contributed by atoms with Gasteiger partial charge in [-0.05, 0) is 47.5 Å². The lowest BCUT2D eigenvalue weighted by atomic mass is 9.81. The number of halogens is 6. The Labute approximate surface area is 246 Å². The first-order valence-corrected chi connectivity index (χ1v) is 13.6. The van der Waals surface area contributed by atoms with Crippen molar-refractivity contribution in [2.45, 2.75) is 36.4 Å². The monoisotopic (exact) mass is 612 g/mol. The molecular formula is C33H26F6N2O3. The SMILES string of the molecule is Cn1c2ccccc2c2cc([C@](O)(CC(=O)C[C@@](O)(c3ccc4c(c3)c3ccccc3n4C)C(F)(F)F)C(F)(F)F)ccc21. The highest BCUT2D eigenvalue weighted by atomic mass is 19.4. The van der Waals surface area contributed by atoms with E-state index in [1.807, 2.05) is 0 Å². The number of carbonyl (C=O) groups is 1. The molecule has 4 aromatic carbocycles. The van der Waals surface area contributed by atoms with Gasteiger partial charge in [0.05, 0.1) is 0 Å². The van der Waals surface area contributed by atoms with E-state index in [9.17, 15) is 41.4 Å². The van der Waals surface area contributed by atoms with Gasteiger partial charge in [-0.2, -0.15) is 26.3 Å². The van der Waals surface area contributed by atoms with Crippen LogP contribution in [0.5, 0.6) is 0 Å². The van der Waals surface area contributed by atoms with Crippen molar-refractivity contribution in [1.29, 1.82) is 0 Å². The maximum atomic E-state index is 14.5. The van der Waals surface area contributed by atoms with Crippen LogP contribution >= 0.6 is 0 Å². The summed E-state index contributed by atoms with van der Waals surface area (Å²) in [6.07, 6.45) is -14.3. The number of rotatable bonds is 6. The van der Waals surface area contributed by atoms with Gasteiger partial charge in [-0.3, -0.25) is 4.79 Å². The van der Waals surface area contributed by atoms with Gasteiger partial charge >= 0.3 is 12.4 Å². The van der Waals surface area contributed by atoms with Crippen LogP contribution in [-0.4, -0.2) is 37.5 Å². The Hall–Kier alpha value is -4.35. The standard InChI is InChI=1S/C33H26F6N2O3/c1-40-26-9-5-3-7-22(26)24-15-19(11-13-28(24)40)30(43,32(34,35)36)17-21(42)18-31(44,33(37,38)39)20-12-14-29-25(16-20)23-8-4-6-10-27(23)41(29)2/h3-16,43-44H,17-18H2,1-2H3/t30-,31-/m1/s1. The zero-order chi connectivity index (χ0) is 31.8. The minimum atomic E-state index is -5.43. The van der Waals surface area contributed by atoms with Crippen LogP contribution in [0.4, 0.5) is 26.3 Å². The second kappa shape index (κ2) is 9.83. The molecule has 2 N–H and O–H groups in total. The summed E-state index contributed by atoms with van der Waals surface area (Å²) in [7, 11) is 3.44. The second-order valence-electron chi connectivity index (χ2n) is 11.2. The van der Waals surface area contributed by atoms with E-state index >= 15 is 0 Å². The smallest absolute Gasteiger partial charge is 0.376 e. The fraction of sp³-hybridized carbons (Fsp3) is 0.242. The molecule has 6 aromatic rings. The number of ketones is 1. The first-order chi connectivity index (χ1) is 20.6. The molecule has 0 amide bonds. The summed E-state index contributed by atoms with van der Waals surface area (Å²) in [5.41, 5.74) is -6.50. The van der Waals surface area contributed by atoms with Crippen molar-refractivity contribution in [3.05, 3.63) is 96.1 Å². The normalized spacial score (nSPS) is 15.7. The van der Waals surface area contributed by atoms with E-state index in [2.05, 4.69) is 0 Å². The van der Waals surface area contributed by atoms with Crippen LogP contribution in [0, 0.1) is 0 Å². The number of benzene rings is 4. The number of nitrogens with zero attached hydrogens (tertiary/aromatic N) is 2. The molecule has 11 heteroatoms. The van der Waals surface area contributed by atoms with Crippen LogP contribution in [0.3, 0.4) is 0 Å². The van der Waals surface area contributed by atoms with E-state index in [1.54, 1.807) is 71.8 Å². The van der Waals surface area contributed by atoms with Crippen molar-refractivity contribution in [2.24, 2.45) is 14.1 Å². The quantitative estimate of drug-likeness (QED) is 0.191. The lowest BCUT2D eigenvalue weighted by molar-refractivity contribution is -0.274. The predicted octanol–water partition coefficient (Wildman–Crippen LogP) is 7.53. The summed E-state index contributed by atoms with van der Waals surface area (Å²) in [5.74, 6) is -1.62. The molecule has 0 radical (unpaired) electrons. The number of hydrogen-bond donors (Lipinski definition) is 2. The summed E-state index contributed by atoms with van der Waals surface area (Å²) in [4.78, 5) is 13.1. The fourth-order valence-corrected chi connectivity index (χ4v) is 6.22.